The zero-order valence-corrected chi connectivity index (χ0v) is 13.9. The molecule has 0 aromatic heterocycles. The van der Waals surface area contributed by atoms with Gasteiger partial charge in [0.05, 0.1) is 0 Å². The van der Waals surface area contributed by atoms with Crippen LogP contribution in [0.15, 0.2) is 42.5 Å². The van der Waals surface area contributed by atoms with Gasteiger partial charge in [0.15, 0.2) is 0 Å². The van der Waals surface area contributed by atoms with Crippen LogP contribution in [-0.2, 0) is 6.54 Å². The second kappa shape index (κ2) is 6.55. The molecule has 1 atom stereocenters. The summed E-state index contributed by atoms with van der Waals surface area (Å²) in [4.78, 5) is 15.0. The summed E-state index contributed by atoms with van der Waals surface area (Å²) < 4.78 is 0. The van der Waals surface area contributed by atoms with Gasteiger partial charge in [0.2, 0.25) is 0 Å². The molecule has 0 aliphatic carbocycles. The van der Waals surface area contributed by atoms with Gasteiger partial charge in [0.25, 0.3) is 5.91 Å². The van der Waals surface area contributed by atoms with Crippen molar-refractivity contribution in [1.29, 1.82) is 0 Å². The lowest BCUT2D eigenvalue weighted by Crippen LogP contribution is -2.31. The van der Waals surface area contributed by atoms with Crippen molar-refractivity contribution < 1.29 is 4.79 Å². The number of nitrogens with zero attached hydrogens (tertiary/aromatic N) is 1. The summed E-state index contributed by atoms with van der Waals surface area (Å²) in [5, 5.41) is 0. The predicted molar refractivity (Wildman–Crippen MR) is 94.8 cm³/mol. The fourth-order valence-corrected chi connectivity index (χ4v) is 3.41. The maximum Gasteiger partial charge on any atom is 0.258 e. The summed E-state index contributed by atoms with van der Waals surface area (Å²) >= 11 is 0. The van der Waals surface area contributed by atoms with E-state index in [-0.39, 0.29) is 5.91 Å². The lowest BCUT2D eigenvalue weighted by Gasteiger charge is -2.24. The Morgan fingerprint density at radius 2 is 2.04 bits per heavy atom. The number of para-hydroxylation sites is 1. The Labute approximate surface area is 138 Å². The highest BCUT2D eigenvalue weighted by atomic mass is 16.2. The number of benzene rings is 2. The third-order valence-electron chi connectivity index (χ3n) is 4.83. The highest BCUT2D eigenvalue weighted by molar-refractivity contribution is 6.06. The number of aryl methyl sites for hydroxylation is 1. The molecule has 2 aromatic carbocycles. The number of hydrogen-bond acceptors (Lipinski definition) is 2. The first-order chi connectivity index (χ1) is 11.1. The number of rotatable bonds is 2. The molecular formula is C20H24N2O. The molecule has 1 amide bonds. The van der Waals surface area contributed by atoms with Crippen molar-refractivity contribution in [2.45, 2.75) is 39.2 Å². The molecular weight excluding hydrogens is 284 g/mol. The van der Waals surface area contributed by atoms with Gasteiger partial charge in [-0.3, -0.25) is 4.79 Å². The van der Waals surface area contributed by atoms with Gasteiger partial charge in [-0.1, -0.05) is 31.2 Å². The van der Waals surface area contributed by atoms with Crippen molar-refractivity contribution >= 4 is 11.6 Å². The third-order valence-corrected chi connectivity index (χ3v) is 4.83. The Bertz CT molecular complexity index is 723. The second-order valence-corrected chi connectivity index (χ2v) is 6.40. The first-order valence-corrected chi connectivity index (χ1v) is 8.32. The van der Waals surface area contributed by atoms with Gasteiger partial charge in [0.1, 0.15) is 0 Å². The van der Waals surface area contributed by atoms with Crippen molar-refractivity contribution in [2.24, 2.45) is 5.73 Å². The molecule has 0 bridgehead atoms. The molecule has 0 radical (unpaired) electrons. The molecule has 1 heterocycles. The van der Waals surface area contributed by atoms with Crippen molar-refractivity contribution in [3.8, 4) is 0 Å². The van der Waals surface area contributed by atoms with Crippen LogP contribution in [0.2, 0.25) is 0 Å². The number of fused-ring (bicyclic) bond motifs is 1. The maximum absolute atomic E-state index is 13.1. The zero-order chi connectivity index (χ0) is 16.4. The first-order valence-electron chi connectivity index (χ1n) is 8.32. The third kappa shape index (κ3) is 3.02. The molecule has 1 aliphatic rings. The first kappa shape index (κ1) is 15.8. The molecule has 2 N–H and O–H groups in total. The van der Waals surface area contributed by atoms with E-state index in [1.54, 1.807) is 0 Å². The molecule has 0 fully saturated rings. The number of hydrogen-bond donors (Lipinski definition) is 1. The Morgan fingerprint density at radius 1 is 1.26 bits per heavy atom. The Kier molecular flexibility index (Phi) is 4.49. The summed E-state index contributed by atoms with van der Waals surface area (Å²) in [5.41, 5.74) is 11.0. The summed E-state index contributed by atoms with van der Waals surface area (Å²) in [7, 11) is 0. The van der Waals surface area contributed by atoms with E-state index in [4.69, 9.17) is 5.73 Å². The average Bonchev–Trinajstić information content (AvgIpc) is 2.74. The minimum atomic E-state index is 0.0817. The van der Waals surface area contributed by atoms with Crippen LogP contribution in [0, 0.1) is 6.92 Å². The summed E-state index contributed by atoms with van der Waals surface area (Å²) in [6.45, 7) is 5.53. The SMILES string of the molecule is Cc1cc(C(=O)N2CCCC(C)c3ccccc32)ccc1CN. The number of anilines is 1. The smallest absolute Gasteiger partial charge is 0.258 e. The zero-order valence-electron chi connectivity index (χ0n) is 13.9. The van der Waals surface area contributed by atoms with Crippen LogP contribution in [0.5, 0.6) is 0 Å². The van der Waals surface area contributed by atoms with Crippen molar-refractivity contribution in [3.63, 3.8) is 0 Å². The molecule has 0 saturated carbocycles. The molecule has 3 heteroatoms. The van der Waals surface area contributed by atoms with E-state index >= 15 is 0 Å². The van der Waals surface area contributed by atoms with Gasteiger partial charge in [-0.15, -0.1) is 0 Å². The monoisotopic (exact) mass is 308 g/mol. The van der Waals surface area contributed by atoms with Crippen LogP contribution in [0.4, 0.5) is 5.69 Å². The molecule has 3 rings (SSSR count). The molecule has 23 heavy (non-hydrogen) atoms. The van der Waals surface area contributed by atoms with Crippen LogP contribution in [-0.4, -0.2) is 12.5 Å². The molecule has 0 spiro atoms. The highest BCUT2D eigenvalue weighted by Gasteiger charge is 2.25. The summed E-state index contributed by atoms with van der Waals surface area (Å²) in [5.74, 6) is 0.573. The topological polar surface area (TPSA) is 46.3 Å². The Hall–Kier alpha value is -2.13. The van der Waals surface area contributed by atoms with E-state index in [0.29, 0.717) is 12.5 Å². The second-order valence-electron chi connectivity index (χ2n) is 6.40. The minimum Gasteiger partial charge on any atom is -0.326 e. The van der Waals surface area contributed by atoms with Crippen molar-refractivity contribution in [2.75, 3.05) is 11.4 Å². The Balaban J connectivity index is 1.99. The maximum atomic E-state index is 13.1. The fraction of sp³-hybridized carbons (Fsp3) is 0.350. The molecule has 120 valence electrons. The predicted octanol–water partition coefficient (Wildman–Crippen LogP) is 4.00. The van der Waals surface area contributed by atoms with E-state index in [1.165, 1.54) is 5.56 Å². The fourth-order valence-electron chi connectivity index (χ4n) is 3.41. The molecule has 1 aliphatic heterocycles. The van der Waals surface area contributed by atoms with Crippen LogP contribution in [0.3, 0.4) is 0 Å². The Morgan fingerprint density at radius 3 is 2.78 bits per heavy atom. The number of nitrogens with two attached hydrogens (primary N) is 1. The normalized spacial score (nSPS) is 17.5. The quantitative estimate of drug-likeness (QED) is 0.911. The largest absolute Gasteiger partial charge is 0.326 e. The number of carbonyl (C=O) groups excluding carboxylic acids is 1. The molecule has 2 aromatic rings. The number of amides is 1. The van der Waals surface area contributed by atoms with E-state index in [9.17, 15) is 4.79 Å². The van der Waals surface area contributed by atoms with Crippen LogP contribution in [0.25, 0.3) is 0 Å². The molecule has 3 nitrogen and oxygen atoms in total. The van der Waals surface area contributed by atoms with E-state index < -0.39 is 0 Å². The van der Waals surface area contributed by atoms with E-state index in [0.717, 1.165) is 41.8 Å². The summed E-state index contributed by atoms with van der Waals surface area (Å²) in [6, 6.07) is 14.1. The van der Waals surface area contributed by atoms with Crippen molar-refractivity contribution in [3.05, 3.63) is 64.7 Å². The molecule has 0 saturated heterocycles. The van der Waals surface area contributed by atoms with E-state index in [1.807, 2.05) is 36.1 Å². The van der Waals surface area contributed by atoms with Gasteiger partial charge in [-0.25, -0.2) is 0 Å². The average molecular weight is 308 g/mol. The number of carbonyl (C=O) groups is 1. The lowest BCUT2D eigenvalue weighted by atomic mass is 9.96. The van der Waals surface area contributed by atoms with Gasteiger partial charge >= 0.3 is 0 Å². The summed E-state index contributed by atoms with van der Waals surface area (Å²) in [6.07, 6.45) is 2.15. The van der Waals surface area contributed by atoms with E-state index in [2.05, 4.69) is 25.1 Å². The standard InChI is InChI=1S/C20H24N2O/c1-14-6-5-11-22(19-8-4-3-7-18(14)19)20(23)16-9-10-17(13-21)15(2)12-16/h3-4,7-10,12,14H,5-6,11,13,21H2,1-2H3. The van der Waals surface area contributed by atoms with Gasteiger partial charge < -0.3 is 10.6 Å². The minimum absolute atomic E-state index is 0.0817. The van der Waals surface area contributed by atoms with Gasteiger partial charge in [0, 0.05) is 24.3 Å². The molecule has 1 unspecified atom stereocenters. The lowest BCUT2D eigenvalue weighted by molar-refractivity contribution is 0.0987. The van der Waals surface area contributed by atoms with Crippen LogP contribution < -0.4 is 10.6 Å². The highest BCUT2D eigenvalue weighted by Crippen LogP contribution is 2.34. The van der Waals surface area contributed by atoms with Crippen LogP contribution in [0.1, 0.15) is 52.7 Å². The van der Waals surface area contributed by atoms with Crippen molar-refractivity contribution in [1.82, 2.24) is 0 Å². The van der Waals surface area contributed by atoms with Crippen LogP contribution >= 0.6 is 0 Å². The van der Waals surface area contributed by atoms with Gasteiger partial charge in [-0.05, 0) is 60.6 Å². The van der Waals surface area contributed by atoms with Gasteiger partial charge in [-0.2, -0.15) is 0 Å².